The van der Waals surface area contributed by atoms with Crippen molar-refractivity contribution in [2.75, 3.05) is 6.61 Å². The van der Waals surface area contributed by atoms with Crippen LogP contribution >= 0.6 is 0 Å². The third kappa shape index (κ3) is 1.89. The molecule has 0 radical (unpaired) electrons. The fourth-order valence-corrected chi connectivity index (χ4v) is 1.82. The number of imidazole rings is 1. The zero-order valence-electron chi connectivity index (χ0n) is 9.93. The molecule has 0 saturated heterocycles. The van der Waals surface area contributed by atoms with Gasteiger partial charge in [0.05, 0.1) is 24.2 Å². The molecule has 5 heteroatoms. The highest BCUT2D eigenvalue weighted by atomic mass is 16.5. The van der Waals surface area contributed by atoms with Gasteiger partial charge in [0.15, 0.2) is 0 Å². The molecule has 5 nitrogen and oxygen atoms in total. The van der Waals surface area contributed by atoms with Crippen molar-refractivity contribution in [2.45, 2.75) is 13.5 Å². The highest BCUT2D eigenvalue weighted by Gasteiger charge is 2.15. The molecule has 0 atom stereocenters. The fourth-order valence-electron chi connectivity index (χ4n) is 1.82. The summed E-state index contributed by atoms with van der Waals surface area (Å²) in [5, 5.41) is 0. The first-order valence-corrected chi connectivity index (χ1v) is 5.50. The van der Waals surface area contributed by atoms with Crippen LogP contribution in [-0.2, 0) is 18.3 Å². The minimum atomic E-state index is -0.347. The van der Waals surface area contributed by atoms with Crippen molar-refractivity contribution >= 4 is 17.0 Å². The van der Waals surface area contributed by atoms with Crippen LogP contribution in [0.1, 0.15) is 23.1 Å². The second kappa shape index (κ2) is 4.55. The molecule has 0 saturated carbocycles. The molecule has 2 N–H and O–H groups in total. The highest BCUT2D eigenvalue weighted by molar-refractivity contribution is 6.02. The average molecular weight is 233 g/mol. The lowest BCUT2D eigenvalue weighted by molar-refractivity contribution is 0.0528. The molecule has 0 unspecified atom stereocenters. The van der Waals surface area contributed by atoms with E-state index in [9.17, 15) is 4.79 Å². The van der Waals surface area contributed by atoms with Crippen LogP contribution < -0.4 is 5.73 Å². The standard InChI is InChI=1S/C12H15N3O2/c1-3-17-12(16)8-5-4-6-9-11(8)14-10(7-13)15(9)2/h4-6H,3,7,13H2,1-2H3. The lowest BCUT2D eigenvalue weighted by atomic mass is 10.2. The monoisotopic (exact) mass is 233 g/mol. The van der Waals surface area contributed by atoms with Gasteiger partial charge in [-0.25, -0.2) is 9.78 Å². The minimum Gasteiger partial charge on any atom is -0.462 e. The van der Waals surface area contributed by atoms with E-state index in [4.69, 9.17) is 10.5 Å². The van der Waals surface area contributed by atoms with Gasteiger partial charge >= 0.3 is 5.97 Å². The van der Waals surface area contributed by atoms with Gasteiger partial charge in [-0.2, -0.15) is 0 Å². The predicted molar refractivity (Wildman–Crippen MR) is 64.6 cm³/mol. The molecule has 2 aromatic rings. The summed E-state index contributed by atoms with van der Waals surface area (Å²) in [5.74, 6) is 0.400. The smallest absolute Gasteiger partial charge is 0.340 e. The number of fused-ring (bicyclic) bond motifs is 1. The Bertz CT molecular complexity index is 560. The largest absolute Gasteiger partial charge is 0.462 e. The van der Waals surface area contributed by atoms with Crippen LogP contribution in [0.25, 0.3) is 11.0 Å². The Morgan fingerprint density at radius 1 is 1.53 bits per heavy atom. The number of rotatable bonds is 3. The summed E-state index contributed by atoms with van der Waals surface area (Å²) in [6.07, 6.45) is 0. The molecule has 2 rings (SSSR count). The van der Waals surface area contributed by atoms with Crippen molar-refractivity contribution in [3.05, 3.63) is 29.6 Å². The van der Waals surface area contributed by atoms with Crippen LogP contribution in [-0.4, -0.2) is 22.1 Å². The van der Waals surface area contributed by atoms with Crippen molar-refractivity contribution in [1.29, 1.82) is 0 Å². The maximum atomic E-state index is 11.8. The zero-order valence-corrected chi connectivity index (χ0v) is 9.93. The van der Waals surface area contributed by atoms with Gasteiger partial charge in [0.25, 0.3) is 0 Å². The zero-order chi connectivity index (χ0) is 12.4. The van der Waals surface area contributed by atoms with E-state index in [0.717, 1.165) is 11.3 Å². The first-order valence-electron chi connectivity index (χ1n) is 5.50. The van der Waals surface area contributed by atoms with Crippen molar-refractivity contribution in [3.8, 4) is 0 Å². The van der Waals surface area contributed by atoms with Gasteiger partial charge in [0, 0.05) is 7.05 Å². The van der Waals surface area contributed by atoms with Gasteiger partial charge in [0.2, 0.25) is 0 Å². The number of nitrogens with two attached hydrogens (primary N) is 1. The van der Waals surface area contributed by atoms with Gasteiger partial charge in [-0.1, -0.05) is 6.07 Å². The second-order valence-electron chi connectivity index (χ2n) is 3.68. The Labute approximate surface area is 99.2 Å². The summed E-state index contributed by atoms with van der Waals surface area (Å²) < 4.78 is 6.89. The molecule has 0 aliphatic carbocycles. The number of aromatic nitrogens is 2. The van der Waals surface area contributed by atoms with Crippen LogP contribution in [0.5, 0.6) is 0 Å². The Morgan fingerprint density at radius 2 is 2.29 bits per heavy atom. The van der Waals surface area contributed by atoms with Gasteiger partial charge in [-0.3, -0.25) is 0 Å². The average Bonchev–Trinajstić information content (AvgIpc) is 2.66. The molecule has 17 heavy (non-hydrogen) atoms. The Balaban J connectivity index is 2.61. The molecule has 0 spiro atoms. The number of carbonyl (C=O) groups excluding carboxylic acids is 1. The van der Waals surface area contributed by atoms with E-state index in [2.05, 4.69) is 4.98 Å². The van der Waals surface area contributed by atoms with E-state index in [1.165, 1.54) is 0 Å². The number of nitrogens with zero attached hydrogens (tertiary/aromatic N) is 2. The number of para-hydroxylation sites is 1. The Morgan fingerprint density at radius 3 is 2.94 bits per heavy atom. The van der Waals surface area contributed by atoms with Crippen molar-refractivity contribution in [1.82, 2.24) is 9.55 Å². The van der Waals surface area contributed by atoms with Crippen molar-refractivity contribution < 1.29 is 9.53 Å². The normalized spacial score (nSPS) is 10.8. The van der Waals surface area contributed by atoms with Crippen molar-refractivity contribution in [2.24, 2.45) is 12.8 Å². The van der Waals surface area contributed by atoms with Crippen molar-refractivity contribution in [3.63, 3.8) is 0 Å². The Hall–Kier alpha value is -1.88. The van der Waals surface area contributed by atoms with Crippen LogP contribution in [0.15, 0.2) is 18.2 Å². The van der Waals surface area contributed by atoms with Gasteiger partial charge in [0.1, 0.15) is 11.3 Å². The molecule has 1 heterocycles. The van der Waals surface area contributed by atoms with E-state index in [1.54, 1.807) is 13.0 Å². The highest BCUT2D eigenvalue weighted by Crippen LogP contribution is 2.19. The third-order valence-corrected chi connectivity index (χ3v) is 2.68. The summed E-state index contributed by atoms with van der Waals surface area (Å²) >= 11 is 0. The number of ether oxygens (including phenoxy) is 1. The number of aryl methyl sites for hydroxylation is 1. The minimum absolute atomic E-state index is 0.341. The summed E-state index contributed by atoms with van der Waals surface area (Å²) in [6, 6.07) is 5.44. The topological polar surface area (TPSA) is 70.1 Å². The van der Waals surface area contributed by atoms with Gasteiger partial charge in [-0.05, 0) is 19.1 Å². The number of benzene rings is 1. The van der Waals surface area contributed by atoms with E-state index in [0.29, 0.717) is 24.2 Å². The predicted octanol–water partition coefficient (Wildman–Crippen LogP) is 1.21. The van der Waals surface area contributed by atoms with E-state index < -0.39 is 0 Å². The van der Waals surface area contributed by atoms with E-state index >= 15 is 0 Å². The SMILES string of the molecule is CCOC(=O)c1cccc2c1nc(CN)n2C. The van der Waals surface area contributed by atoms with Gasteiger partial charge < -0.3 is 15.0 Å². The molecule has 0 aliphatic rings. The molecule has 0 amide bonds. The van der Waals surface area contributed by atoms with Crippen LogP contribution in [0.2, 0.25) is 0 Å². The van der Waals surface area contributed by atoms with E-state index in [1.807, 2.05) is 23.7 Å². The Kier molecular flexibility index (Phi) is 3.10. The molecular formula is C12H15N3O2. The molecule has 0 bridgehead atoms. The first kappa shape index (κ1) is 11.6. The molecule has 0 aliphatic heterocycles. The van der Waals surface area contributed by atoms with Crippen LogP contribution in [0, 0.1) is 0 Å². The molecule has 0 fully saturated rings. The van der Waals surface area contributed by atoms with E-state index in [-0.39, 0.29) is 5.97 Å². The molecular weight excluding hydrogens is 218 g/mol. The quantitative estimate of drug-likeness (QED) is 0.809. The summed E-state index contributed by atoms with van der Waals surface area (Å²) in [4.78, 5) is 16.1. The second-order valence-corrected chi connectivity index (χ2v) is 3.68. The fraction of sp³-hybridized carbons (Fsp3) is 0.333. The first-order chi connectivity index (χ1) is 8.19. The number of hydrogen-bond donors (Lipinski definition) is 1. The molecule has 1 aromatic heterocycles. The lowest BCUT2D eigenvalue weighted by Crippen LogP contribution is -2.05. The summed E-state index contributed by atoms with van der Waals surface area (Å²) in [7, 11) is 1.88. The number of carbonyl (C=O) groups is 1. The van der Waals surface area contributed by atoms with Crippen LogP contribution in [0.3, 0.4) is 0 Å². The van der Waals surface area contributed by atoms with Gasteiger partial charge in [-0.15, -0.1) is 0 Å². The lowest BCUT2D eigenvalue weighted by Gasteiger charge is -2.02. The molecule has 90 valence electrons. The van der Waals surface area contributed by atoms with Crippen LogP contribution in [0.4, 0.5) is 0 Å². The number of hydrogen-bond acceptors (Lipinski definition) is 4. The maximum absolute atomic E-state index is 11.8. The summed E-state index contributed by atoms with van der Waals surface area (Å²) in [6.45, 7) is 2.47. The third-order valence-electron chi connectivity index (χ3n) is 2.68. The number of esters is 1. The molecule has 1 aromatic carbocycles. The summed E-state index contributed by atoms with van der Waals surface area (Å²) in [5.41, 5.74) is 7.62. The maximum Gasteiger partial charge on any atom is 0.340 e.